The van der Waals surface area contributed by atoms with Crippen LogP contribution in [0, 0.1) is 5.82 Å². The van der Waals surface area contributed by atoms with Crippen LogP contribution < -0.4 is 11.1 Å². The molecule has 3 N–H and O–H groups in total. The lowest BCUT2D eigenvalue weighted by Gasteiger charge is -2.07. The van der Waals surface area contributed by atoms with Crippen LogP contribution in [-0.2, 0) is 6.54 Å². The van der Waals surface area contributed by atoms with E-state index in [0.717, 1.165) is 11.8 Å². The first kappa shape index (κ1) is 12.0. The van der Waals surface area contributed by atoms with Gasteiger partial charge in [0.05, 0.1) is 17.8 Å². The van der Waals surface area contributed by atoms with Gasteiger partial charge in [-0.15, -0.1) is 0 Å². The Morgan fingerprint density at radius 3 is 2.83 bits per heavy atom. The monoisotopic (exact) mass is 245 g/mol. The minimum atomic E-state index is -0.464. The molecule has 0 aliphatic heterocycles. The first-order chi connectivity index (χ1) is 8.66. The summed E-state index contributed by atoms with van der Waals surface area (Å²) in [7, 11) is 0. The zero-order chi connectivity index (χ0) is 13.0. The van der Waals surface area contributed by atoms with Crippen LogP contribution in [0.2, 0.25) is 0 Å². The first-order valence-electron chi connectivity index (χ1n) is 5.40. The standard InChI is InChI=1S/C13H12FN3O/c14-9-4-5-11(12(15)7-9)13(18)17-8-10-3-1-2-6-16-10/h1-7H,8,15H2,(H,17,18). The van der Waals surface area contributed by atoms with Crippen molar-refractivity contribution in [2.75, 3.05) is 5.73 Å². The lowest BCUT2D eigenvalue weighted by Crippen LogP contribution is -2.24. The molecule has 0 bridgehead atoms. The molecule has 0 unspecified atom stereocenters. The number of nitrogens with zero attached hydrogens (tertiary/aromatic N) is 1. The average Bonchev–Trinajstić information content (AvgIpc) is 2.37. The van der Waals surface area contributed by atoms with Crippen molar-refractivity contribution in [3.63, 3.8) is 0 Å². The molecule has 2 rings (SSSR count). The second kappa shape index (κ2) is 5.27. The number of carbonyl (C=O) groups excluding carboxylic acids is 1. The van der Waals surface area contributed by atoms with Crippen molar-refractivity contribution in [2.24, 2.45) is 0 Å². The van der Waals surface area contributed by atoms with E-state index >= 15 is 0 Å². The molecule has 1 aromatic heterocycles. The number of hydrogen-bond donors (Lipinski definition) is 2. The van der Waals surface area contributed by atoms with Crippen molar-refractivity contribution >= 4 is 11.6 Å². The molecule has 18 heavy (non-hydrogen) atoms. The molecule has 0 saturated heterocycles. The maximum Gasteiger partial charge on any atom is 0.253 e. The SMILES string of the molecule is Nc1cc(F)ccc1C(=O)NCc1ccccn1. The van der Waals surface area contributed by atoms with E-state index in [4.69, 9.17) is 5.73 Å². The van der Waals surface area contributed by atoms with Crippen LogP contribution in [0.25, 0.3) is 0 Å². The van der Waals surface area contributed by atoms with E-state index in [1.807, 2.05) is 6.07 Å². The van der Waals surface area contributed by atoms with Crippen LogP contribution >= 0.6 is 0 Å². The number of benzene rings is 1. The fraction of sp³-hybridized carbons (Fsp3) is 0.0769. The molecule has 4 nitrogen and oxygen atoms in total. The third kappa shape index (κ3) is 2.82. The Bertz CT molecular complexity index is 557. The third-order valence-corrected chi connectivity index (χ3v) is 2.41. The summed E-state index contributed by atoms with van der Waals surface area (Å²) in [6.45, 7) is 0.302. The Hall–Kier alpha value is -2.43. The molecule has 0 saturated carbocycles. The number of nitrogens with one attached hydrogen (secondary N) is 1. The van der Waals surface area contributed by atoms with E-state index in [9.17, 15) is 9.18 Å². The lowest BCUT2D eigenvalue weighted by molar-refractivity contribution is 0.0951. The zero-order valence-electron chi connectivity index (χ0n) is 9.56. The van der Waals surface area contributed by atoms with E-state index in [1.54, 1.807) is 18.3 Å². The molecule has 1 heterocycles. The van der Waals surface area contributed by atoms with Crippen LogP contribution in [0.4, 0.5) is 10.1 Å². The number of rotatable bonds is 3. The van der Waals surface area contributed by atoms with Gasteiger partial charge >= 0.3 is 0 Å². The minimum absolute atomic E-state index is 0.119. The van der Waals surface area contributed by atoms with Gasteiger partial charge in [-0.2, -0.15) is 0 Å². The van der Waals surface area contributed by atoms with Gasteiger partial charge in [-0.3, -0.25) is 9.78 Å². The zero-order valence-corrected chi connectivity index (χ0v) is 9.56. The number of nitrogen functional groups attached to an aromatic ring is 1. The summed E-state index contributed by atoms with van der Waals surface area (Å²) in [4.78, 5) is 15.9. The molecular weight excluding hydrogens is 233 g/mol. The molecule has 0 spiro atoms. The predicted molar refractivity (Wildman–Crippen MR) is 66.2 cm³/mol. The predicted octanol–water partition coefficient (Wildman–Crippen LogP) is 1.73. The smallest absolute Gasteiger partial charge is 0.253 e. The Morgan fingerprint density at radius 1 is 1.33 bits per heavy atom. The molecule has 1 amide bonds. The molecule has 1 aromatic carbocycles. The van der Waals surface area contributed by atoms with Gasteiger partial charge < -0.3 is 11.1 Å². The van der Waals surface area contributed by atoms with Gasteiger partial charge in [0.1, 0.15) is 5.82 Å². The van der Waals surface area contributed by atoms with Crippen molar-refractivity contribution in [2.45, 2.75) is 6.54 Å². The number of aromatic nitrogens is 1. The van der Waals surface area contributed by atoms with Crippen molar-refractivity contribution in [3.8, 4) is 0 Å². The van der Waals surface area contributed by atoms with Gasteiger partial charge in [-0.05, 0) is 30.3 Å². The lowest BCUT2D eigenvalue weighted by atomic mass is 10.1. The fourth-order valence-electron chi connectivity index (χ4n) is 1.51. The Morgan fingerprint density at radius 2 is 2.17 bits per heavy atom. The van der Waals surface area contributed by atoms with Crippen LogP contribution in [0.3, 0.4) is 0 Å². The van der Waals surface area contributed by atoms with E-state index in [0.29, 0.717) is 6.54 Å². The van der Waals surface area contributed by atoms with E-state index in [2.05, 4.69) is 10.3 Å². The van der Waals surface area contributed by atoms with Gasteiger partial charge in [-0.1, -0.05) is 6.07 Å². The van der Waals surface area contributed by atoms with Gasteiger partial charge in [-0.25, -0.2) is 4.39 Å². The maximum absolute atomic E-state index is 12.8. The molecule has 0 radical (unpaired) electrons. The number of hydrogen-bond acceptors (Lipinski definition) is 3. The van der Waals surface area contributed by atoms with E-state index < -0.39 is 5.82 Å². The second-order valence-corrected chi connectivity index (χ2v) is 3.74. The highest BCUT2D eigenvalue weighted by Gasteiger charge is 2.09. The second-order valence-electron chi connectivity index (χ2n) is 3.74. The Balaban J connectivity index is 2.04. The highest BCUT2D eigenvalue weighted by atomic mass is 19.1. The van der Waals surface area contributed by atoms with Crippen LogP contribution in [-0.4, -0.2) is 10.9 Å². The first-order valence-corrected chi connectivity index (χ1v) is 5.40. The molecule has 5 heteroatoms. The number of amides is 1. The summed E-state index contributed by atoms with van der Waals surface area (Å²) >= 11 is 0. The fourth-order valence-corrected chi connectivity index (χ4v) is 1.51. The van der Waals surface area contributed by atoms with Crippen molar-refractivity contribution in [3.05, 3.63) is 59.7 Å². The largest absolute Gasteiger partial charge is 0.398 e. The van der Waals surface area contributed by atoms with Crippen LogP contribution in [0.15, 0.2) is 42.6 Å². The van der Waals surface area contributed by atoms with Gasteiger partial charge in [0.15, 0.2) is 0 Å². The van der Waals surface area contributed by atoms with Crippen LogP contribution in [0.5, 0.6) is 0 Å². The molecule has 92 valence electrons. The number of pyridine rings is 1. The molecule has 0 atom stereocenters. The summed E-state index contributed by atoms with van der Waals surface area (Å²) in [5.74, 6) is -0.813. The highest BCUT2D eigenvalue weighted by molar-refractivity contribution is 5.99. The third-order valence-electron chi connectivity index (χ3n) is 2.41. The average molecular weight is 245 g/mol. The molecular formula is C13H12FN3O. The number of carbonyl (C=O) groups is 1. The van der Waals surface area contributed by atoms with Crippen molar-refractivity contribution in [1.29, 1.82) is 0 Å². The van der Waals surface area contributed by atoms with Crippen molar-refractivity contribution < 1.29 is 9.18 Å². The quantitative estimate of drug-likeness (QED) is 0.809. The highest BCUT2D eigenvalue weighted by Crippen LogP contribution is 2.13. The molecule has 0 aliphatic rings. The number of halogens is 1. The minimum Gasteiger partial charge on any atom is -0.398 e. The molecule has 0 aliphatic carbocycles. The van der Waals surface area contributed by atoms with E-state index in [1.165, 1.54) is 12.1 Å². The number of anilines is 1. The molecule has 2 aromatic rings. The summed E-state index contributed by atoms with van der Waals surface area (Å²) in [5, 5.41) is 2.67. The topological polar surface area (TPSA) is 68.0 Å². The maximum atomic E-state index is 12.8. The van der Waals surface area contributed by atoms with E-state index in [-0.39, 0.29) is 17.2 Å². The van der Waals surface area contributed by atoms with Gasteiger partial charge in [0.2, 0.25) is 0 Å². The van der Waals surface area contributed by atoms with Gasteiger partial charge in [0.25, 0.3) is 5.91 Å². The summed E-state index contributed by atoms with van der Waals surface area (Å²) in [5.41, 5.74) is 6.69. The van der Waals surface area contributed by atoms with Gasteiger partial charge in [0, 0.05) is 11.9 Å². The number of nitrogens with two attached hydrogens (primary N) is 1. The van der Waals surface area contributed by atoms with Crippen LogP contribution in [0.1, 0.15) is 16.1 Å². The summed E-state index contributed by atoms with van der Waals surface area (Å²) in [6, 6.07) is 9.11. The summed E-state index contributed by atoms with van der Waals surface area (Å²) < 4.78 is 12.8. The molecule has 0 fully saturated rings. The van der Waals surface area contributed by atoms with Crippen molar-refractivity contribution in [1.82, 2.24) is 10.3 Å². The Labute approximate surface area is 104 Å². The Kier molecular flexibility index (Phi) is 3.52. The normalized spacial score (nSPS) is 10.1. The summed E-state index contributed by atoms with van der Waals surface area (Å²) in [6.07, 6.45) is 1.65.